The van der Waals surface area contributed by atoms with E-state index >= 15 is 0 Å². The highest BCUT2D eigenvalue weighted by molar-refractivity contribution is 5.23. The van der Waals surface area contributed by atoms with Crippen LogP contribution in [-0.2, 0) is 0 Å². The first kappa shape index (κ1) is 12.2. The van der Waals surface area contributed by atoms with Crippen molar-refractivity contribution < 1.29 is 5.11 Å². The summed E-state index contributed by atoms with van der Waals surface area (Å²) >= 11 is 0. The standard InChI is InChI=1S/C16H23NO/c18-12-14-8-4-5-9-16(14)17-10-15(11-17)13-6-2-1-3-7-13/h1-3,6-7,14-16,18H,4-5,8-12H2. The third-order valence-corrected chi connectivity index (χ3v) is 4.75. The van der Waals surface area contributed by atoms with E-state index in [4.69, 9.17) is 0 Å². The summed E-state index contributed by atoms with van der Waals surface area (Å²) in [6.07, 6.45) is 5.14. The third kappa shape index (κ3) is 2.32. The molecule has 98 valence electrons. The Balaban J connectivity index is 1.58. The smallest absolute Gasteiger partial charge is 0.0474 e. The van der Waals surface area contributed by atoms with Gasteiger partial charge in [0.05, 0.1) is 0 Å². The molecule has 2 aliphatic rings. The lowest BCUT2D eigenvalue weighted by Gasteiger charge is -2.48. The highest BCUT2D eigenvalue weighted by atomic mass is 16.3. The van der Waals surface area contributed by atoms with Crippen molar-refractivity contribution in [1.29, 1.82) is 0 Å². The molecule has 2 unspecified atom stereocenters. The summed E-state index contributed by atoms with van der Waals surface area (Å²) in [6.45, 7) is 2.74. The predicted molar refractivity (Wildman–Crippen MR) is 73.6 cm³/mol. The van der Waals surface area contributed by atoms with Crippen LogP contribution in [0.15, 0.2) is 30.3 Å². The highest BCUT2D eigenvalue weighted by Crippen LogP contribution is 2.35. The molecule has 0 bridgehead atoms. The van der Waals surface area contributed by atoms with Crippen molar-refractivity contribution >= 4 is 0 Å². The second kappa shape index (κ2) is 5.41. The Labute approximate surface area is 110 Å². The molecule has 2 heteroatoms. The molecule has 1 saturated heterocycles. The fourth-order valence-electron chi connectivity index (χ4n) is 3.60. The molecule has 0 aromatic heterocycles. The number of hydrogen-bond acceptors (Lipinski definition) is 2. The van der Waals surface area contributed by atoms with Gasteiger partial charge < -0.3 is 5.11 Å². The molecule has 0 radical (unpaired) electrons. The van der Waals surface area contributed by atoms with E-state index in [1.807, 2.05) is 0 Å². The van der Waals surface area contributed by atoms with Crippen LogP contribution in [0, 0.1) is 5.92 Å². The Kier molecular flexibility index (Phi) is 3.67. The van der Waals surface area contributed by atoms with Crippen molar-refractivity contribution in [2.24, 2.45) is 5.92 Å². The van der Waals surface area contributed by atoms with Gasteiger partial charge in [0, 0.05) is 31.7 Å². The molecule has 1 heterocycles. The largest absolute Gasteiger partial charge is 0.396 e. The van der Waals surface area contributed by atoms with E-state index in [-0.39, 0.29) is 0 Å². The lowest BCUT2D eigenvalue weighted by molar-refractivity contribution is 0.0138. The summed E-state index contributed by atoms with van der Waals surface area (Å²) in [4.78, 5) is 2.59. The van der Waals surface area contributed by atoms with Gasteiger partial charge in [-0.3, -0.25) is 4.90 Å². The molecule has 0 spiro atoms. The van der Waals surface area contributed by atoms with Crippen LogP contribution in [0.3, 0.4) is 0 Å². The molecule has 1 saturated carbocycles. The number of benzene rings is 1. The molecule has 1 aliphatic heterocycles. The maximum absolute atomic E-state index is 9.49. The molecule has 0 amide bonds. The highest BCUT2D eigenvalue weighted by Gasteiger charge is 2.37. The van der Waals surface area contributed by atoms with Gasteiger partial charge in [0.25, 0.3) is 0 Å². The van der Waals surface area contributed by atoms with Gasteiger partial charge in [-0.1, -0.05) is 43.2 Å². The van der Waals surface area contributed by atoms with Crippen molar-refractivity contribution in [3.05, 3.63) is 35.9 Å². The summed E-state index contributed by atoms with van der Waals surface area (Å²) < 4.78 is 0. The average molecular weight is 245 g/mol. The zero-order valence-corrected chi connectivity index (χ0v) is 11.0. The molecule has 1 aromatic carbocycles. The quantitative estimate of drug-likeness (QED) is 0.885. The fraction of sp³-hybridized carbons (Fsp3) is 0.625. The minimum absolute atomic E-state index is 0.372. The third-order valence-electron chi connectivity index (χ3n) is 4.75. The van der Waals surface area contributed by atoms with E-state index < -0.39 is 0 Å². The van der Waals surface area contributed by atoms with E-state index in [1.54, 1.807) is 0 Å². The van der Waals surface area contributed by atoms with Crippen LogP contribution >= 0.6 is 0 Å². The molecular formula is C16H23NO. The lowest BCUT2D eigenvalue weighted by atomic mass is 9.80. The van der Waals surface area contributed by atoms with Gasteiger partial charge in [0.1, 0.15) is 0 Å². The van der Waals surface area contributed by atoms with Crippen LogP contribution in [0.5, 0.6) is 0 Å². The van der Waals surface area contributed by atoms with Gasteiger partial charge in [-0.05, 0) is 24.3 Å². The maximum Gasteiger partial charge on any atom is 0.0474 e. The molecule has 1 aliphatic carbocycles. The lowest BCUT2D eigenvalue weighted by Crippen LogP contribution is -2.54. The first-order valence-corrected chi connectivity index (χ1v) is 7.28. The minimum Gasteiger partial charge on any atom is -0.396 e. The number of likely N-dealkylation sites (tertiary alicyclic amines) is 1. The summed E-state index contributed by atoms with van der Waals surface area (Å²) in [6, 6.07) is 11.5. The van der Waals surface area contributed by atoms with Crippen molar-refractivity contribution in [2.75, 3.05) is 19.7 Å². The number of hydrogen-bond donors (Lipinski definition) is 1. The summed E-state index contributed by atoms with van der Waals surface area (Å²) in [7, 11) is 0. The maximum atomic E-state index is 9.49. The Bertz CT molecular complexity index is 372. The monoisotopic (exact) mass is 245 g/mol. The van der Waals surface area contributed by atoms with Crippen LogP contribution in [0.1, 0.15) is 37.2 Å². The molecule has 1 aromatic rings. The van der Waals surface area contributed by atoms with Crippen molar-refractivity contribution in [1.82, 2.24) is 4.90 Å². The molecule has 3 rings (SSSR count). The average Bonchev–Trinajstić information content (AvgIpc) is 2.39. The number of nitrogens with zero attached hydrogens (tertiary/aromatic N) is 1. The van der Waals surface area contributed by atoms with Gasteiger partial charge in [0.15, 0.2) is 0 Å². The zero-order chi connectivity index (χ0) is 12.4. The normalized spacial score (nSPS) is 30.1. The summed E-state index contributed by atoms with van der Waals surface area (Å²) in [5.41, 5.74) is 1.48. The van der Waals surface area contributed by atoms with Crippen molar-refractivity contribution in [3.63, 3.8) is 0 Å². The van der Waals surface area contributed by atoms with Crippen LogP contribution in [0.4, 0.5) is 0 Å². The predicted octanol–water partition coefficient (Wildman–Crippen LogP) is 2.64. The zero-order valence-electron chi connectivity index (χ0n) is 11.0. The topological polar surface area (TPSA) is 23.5 Å². The second-order valence-electron chi connectivity index (χ2n) is 5.86. The van der Waals surface area contributed by atoms with Gasteiger partial charge >= 0.3 is 0 Å². The fourth-order valence-corrected chi connectivity index (χ4v) is 3.60. The first-order valence-electron chi connectivity index (χ1n) is 7.28. The van der Waals surface area contributed by atoms with Crippen LogP contribution < -0.4 is 0 Å². The van der Waals surface area contributed by atoms with Crippen LogP contribution in [0.25, 0.3) is 0 Å². The van der Waals surface area contributed by atoms with Crippen molar-refractivity contribution in [2.45, 2.75) is 37.6 Å². The SMILES string of the molecule is OCC1CCCCC1N1CC(c2ccccc2)C1. The molecule has 18 heavy (non-hydrogen) atoms. The minimum atomic E-state index is 0.372. The van der Waals surface area contributed by atoms with E-state index in [1.165, 1.54) is 44.3 Å². The van der Waals surface area contributed by atoms with Gasteiger partial charge in [0.2, 0.25) is 0 Å². The van der Waals surface area contributed by atoms with Crippen molar-refractivity contribution in [3.8, 4) is 0 Å². The molecule has 2 atom stereocenters. The molecule has 1 N–H and O–H groups in total. The van der Waals surface area contributed by atoms with Gasteiger partial charge in [-0.2, -0.15) is 0 Å². The molecule has 2 nitrogen and oxygen atoms in total. The second-order valence-corrected chi connectivity index (χ2v) is 5.86. The van der Waals surface area contributed by atoms with Crippen LogP contribution in [-0.4, -0.2) is 35.7 Å². The van der Waals surface area contributed by atoms with E-state index in [2.05, 4.69) is 35.2 Å². The Morgan fingerprint density at radius 3 is 2.50 bits per heavy atom. The van der Waals surface area contributed by atoms with E-state index in [9.17, 15) is 5.11 Å². The summed E-state index contributed by atoms with van der Waals surface area (Å²) in [5, 5.41) is 9.49. The number of aliphatic hydroxyl groups is 1. The number of rotatable bonds is 3. The van der Waals surface area contributed by atoms with E-state index in [0.29, 0.717) is 24.5 Å². The number of aliphatic hydroxyl groups excluding tert-OH is 1. The molecular weight excluding hydrogens is 222 g/mol. The Morgan fingerprint density at radius 2 is 1.78 bits per heavy atom. The van der Waals surface area contributed by atoms with E-state index in [0.717, 1.165) is 0 Å². The summed E-state index contributed by atoms with van der Waals surface area (Å²) in [5.74, 6) is 1.24. The Hall–Kier alpha value is -0.860. The van der Waals surface area contributed by atoms with Gasteiger partial charge in [-0.15, -0.1) is 0 Å². The first-order chi connectivity index (χ1) is 8.88. The molecule has 2 fully saturated rings. The van der Waals surface area contributed by atoms with Crippen LogP contribution in [0.2, 0.25) is 0 Å². The Morgan fingerprint density at radius 1 is 1.06 bits per heavy atom. The van der Waals surface area contributed by atoms with Gasteiger partial charge in [-0.25, -0.2) is 0 Å².